The molecule has 92 valence electrons. The van der Waals surface area contributed by atoms with Gasteiger partial charge in [-0.1, -0.05) is 12.1 Å². The summed E-state index contributed by atoms with van der Waals surface area (Å²) in [5, 5.41) is 0. The average molecular weight is 234 g/mol. The lowest BCUT2D eigenvalue weighted by molar-refractivity contribution is -0.149. The molecule has 1 aromatic carbocycles. The summed E-state index contributed by atoms with van der Waals surface area (Å²) < 4.78 is 10.2. The third kappa shape index (κ3) is 2.60. The van der Waals surface area contributed by atoms with Gasteiger partial charge in [0.1, 0.15) is 5.75 Å². The average Bonchev–Trinajstić information content (AvgIpc) is 3.11. The van der Waals surface area contributed by atoms with Crippen molar-refractivity contribution in [3.63, 3.8) is 0 Å². The largest absolute Gasteiger partial charge is 0.497 e. The molecule has 1 fully saturated rings. The number of methoxy groups -OCH3 is 1. The summed E-state index contributed by atoms with van der Waals surface area (Å²) in [4.78, 5) is 11.8. The molecule has 1 saturated carbocycles. The molecule has 0 unspecified atom stereocenters. The van der Waals surface area contributed by atoms with Crippen LogP contribution in [0.15, 0.2) is 24.3 Å². The summed E-state index contributed by atoms with van der Waals surface area (Å²) in [6.07, 6.45) is 2.66. The Bertz CT molecular complexity index is 390. The van der Waals surface area contributed by atoms with Crippen molar-refractivity contribution >= 4 is 5.97 Å². The van der Waals surface area contributed by atoms with Gasteiger partial charge in [-0.15, -0.1) is 0 Å². The highest BCUT2D eigenvalue weighted by Crippen LogP contribution is 2.49. The van der Waals surface area contributed by atoms with Crippen LogP contribution in [0.2, 0.25) is 0 Å². The van der Waals surface area contributed by atoms with Crippen molar-refractivity contribution in [2.75, 3.05) is 13.7 Å². The Morgan fingerprint density at radius 3 is 2.41 bits per heavy atom. The number of hydrogen-bond acceptors (Lipinski definition) is 3. The summed E-state index contributed by atoms with van der Waals surface area (Å²) >= 11 is 0. The van der Waals surface area contributed by atoms with Crippen molar-refractivity contribution in [2.45, 2.75) is 26.2 Å². The summed E-state index contributed by atoms with van der Waals surface area (Å²) in [7, 11) is 1.65. The second kappa shape index (κ2) is 4.78. The van der Waals surface area contributed by atoms with Crippen LogP contribution in [0.3, 0.4) is 0 Å². The summed E-state index contributed by atoms with van der Waals surface area (Å²) in [5.74, 6) is 0.797. The fourth-order valence-corrected chi connectivity index (χ4v) is 2.02. The van der Waals surface area contributed by atoms with Crippen LogP contribution in [0.5, 0.6) is 5.75 Å². The van der Waals surface area contributed by atoms with Crippen LogP contribution in [-0.4, -0.2) is 19.7 Å². The van der Waals surface area contributed by atoms with E-state index >= 15 is 0 Å². The Hall–Kier alpha value is -1.51. The second-order valence-electron chi connectivity index (χ2n) is 4.53. The summed E-state index contributed by atoms with van der Waals surface area (Å²) in [6, 6.07) is 7.88. The number of rotatable bonds is 5. The zero-order valence-corrected chi connectivity index (χ0v) is 10.4. The Labute approximate surface area is 102 Å². The van der Waals surface area contributed by atoms with Gasteiger partial charge in [-0.25, -0.2) is 0 Å². The molecular weight excluding hydrogens is 216 g/mol. The van der Waals surface area contributed by atoms with Gasteiger partial charge in [0.05, 0.1) is 19.1 Å². The first-order chi connectivity index (χ1) is 8.20. The molecule has 0 radical (unpaired) electrons. The van der Waals surface area contributed by atoms with Crippen molar-refractivity contribution < 1.29 is 14.3 Å². The van der Waals surface area contributed by atoms with Gasteiger partial charge >= 0.3 is 5.97 Å². The second-order valence-corrected chi connectivity index (χ2v) is 4.53. The van der Waals surface area contributed by atoms with E-state index in [2.05, 4.69) is 0 Å². The number of carbonyl (C=O) groups excluding carboxylic acids is 1. The van der Waals surface area contributed by atoms with Gasteiger partial charge in [-0.05, 0) is 43.9 Å². The van der Waals surface area contributed by atoms with Crippen LogP contribution in [0, 0.1) is 5.41 Å². The molecule has 2 rings (SSSR count). The van der Waals surface area contributed by atoms with Crippen LogP contribution in [0.25, 0.3) is 0 Å². The van der Waals surface area contributed by atoms with Gasteiger partial charge in [0, 0.05) is 0 Å². The third-order valence-corrected chi connectivity index (χ3v) is 3.26. The highest BCUT2D eigenvalue weighted by Gasteiger charge is 2.50. The third-order valence-electron chi connectivity index (χ3n) is 3.26. The molecular formula is C14H18O3. The predicted molar refractivity (Wildman–Crippen MR) is 65.0 cm³/mol. The molecule has 0 spiro atoms. The SMILES string of the molecule is CCOC(=O)C1(Cc2ccc(OC)cc2)CC1. The highest BCUT2D eigenvalue weighted by atomic mass is 16.5. The topological polar surface area (TPSA) is 35.5 Å². The van der Waals surface area contributed by atoms with Gasteiger partial charge in [0.15, 0.2) is 0 Å². The van der Waals surface area contributed by atoms with Crippen molar-refractivity contribution in [2.24, 2.45) is 5.41 Å². The molecule has 0 aliphatic heterocycles. The van der Waals surface area contributed by atoms with Crippen LogP contribution >= 0.6 is 0 Å². The van der Waals surface area contributed by atoms with Gasteiger partial charge in [0.25, 0.3) is 0 Å². The van der Waals surface area contributed by atoms with Crippen molar-refractivity contribution in [1.82, 2.24) is 0 Å². The molecule has 3 heteroatoms. The standard InChI is InChI=1S/C14H18O3/c1-3-17-13(15)14(8-9-14)10-11-4-6-12(16-2)7-5-11/h4-7H,3,8-10H2,1-2H3. The molecule has 0 atom stereocenters. The van der Waals surface area contributed by atoms with Crippen molar-refractivity contribution in [1.29, 1.82) is 0 Å². The Morgan fingerprint density at radius 2 is 1.94 bits per heavy atom. The molecule has 0 heterocycles. The van der Waals surface area contributed by atoms with Gasteiger partial charge in [0.2, 0.25) is 0 Å². The zero-order chi connectivity index (χ0) is 12.3. The Kier molecular flexibility index (Phi) is 3.36. The van der Waals surface area contributed by atoms with E-state index in [9.17, 15) is 4.79 Å². The molecule has 17 heavy (non-hydrogen) atoms. The molecule has 3 nitrogen and oxygen atoms in total. The van der Waals surface area contributed by atoms with E-state index in [1.165, 1.54) is 0 Å². The number of ether oxygens (including phenoxy) is 2. The minimum Gasteiger partial charge on any atom is -0.497 e. The lowest BCUT2D eigenvalue weighted by Crippen LogP contribution is -2.21. The number of hydrogen-bond donors (Lipinski definition) is 0. The molecule has 0 bridgehead atoms. The minimum absolute atomic E-state index is 0.0455. The molecule has 1 aliphatic rings. The summed E-state index contributed by atoms with van der Waals surface area (Å²) in [5.41, 5.74) is 0.918. The predicted octanol–water partition coefficient (Wildman–Crippen LogP) is 2.58. The maximum Gasteiger partial charge on any atom is 0.312 e. The molecule has 0 saturated heterocycles. The lowest BCUT2D eigenvalue weighted by Gasteiger charge is -2.13. The van der Waals surface area contributed by atoms with E-state index in [1.807, 2.05) is 31.2 Å². The number of esters is 1. The van der Waals surface area contributed by atoms with E-state index in [0.29, 0.717) is 6.61 Å². The Morgan fingerprint density at radius 1 is 1.29 bits per heavy atom. The van der Waals surface area contributed by atoms with Gasteiger partial charge in [-0.3, -0.25) is 4.79 Å². The van der Waals surface area contributed by atoms with Crippen molar-refractivity contribution in [3.8, 4) is 5.75 Å². The molecule has 1 aliphatic carbocycles. The smallest absolute Gasteiger partial charge is 0.312 e. The normalized spacial score (nSPS) is 16.4. The maximum absolute atomic E-state index is 11.8. The van der Waals surface area contributed by atoms with Crippen LogP contribution in [0.1, 0.15) is 25.3 Å². The first-order valence-electron chi connectivity index (χ1n) is 6.00. The number of carbonyl (C=O) groups is 1. The highest BCUT2D eigenvalue weighted by molar-refractivity contribution is 5.80. The monoisotopic (exact) mass is 234 g/mol. The minimum atomic E-state index is -0.245. The molecule has 0 amide bonds. The van der Waals surface area contributed by atoms with Gasteiger partial charge in [-0.2, -0.15) is 0 Å². The van der Waals surface area contributed by atoms with Gasteiger partial charge < -0.3 is 9.47 Å². The Balaban J connectivity index is 2.02. The van der Waals surface area contributed by atoms with Crippen molar-refractivity contribution in [3.05, 3.63) is 29.8 Å². The molecule has 0 aromatic heterocycles. The zero-order valence-electron chi connectivity index (χ0n) is 10.4. The summed E-state index contributed by atoms with van der Waals surface area (Å²) in [6.45, 7) is 2.31. The maximum atomic E-state index is 11.8. The van der Waals surface area contributed by atoms with E-state index in [1.54, 1.807) is 7.11 Å². The first kappa shape index (κ1) is 12.0. The fourth-order valence-electron chi connectivity index (χ4n) is 2.02. The van der Waals surface area contributed by atoms with Crippen LogP contribution < -0.4 is 4.74 Å². The molecule has 1 aromatic rings. The lowest BCUT2D eigenvalue weighted by atomic mass is 9.96. The quantitative estimate of drug-likeness (QED) is 0.734. The van der Waals surface area contributed by atoms with E-state index in [0.717, 1.165) is 30.6 Å². The first-order valence-corrected chi connectivity index (χ1v) is 6.00. The van der Waals surface area contributed by atoms with E-state index in [4.69, 9.17) is 9.47 Å². The van der Waals surface area contributed by atoms with E-state index < -0.39 is 0 Å². The number of benzene rings is 1. The molecule has 0 N–H and O–H groups in total. The van der Waals surface area contributed by atoms with Crippen LogP contribution in [-0.2, 0) is 16.0 Å². The van der Waals surface area contributed by atoms with Crippen LogP contribution in [0.4, 0.5) is 0 Å². The fraction of sp³-hybridized carbons (Fsp3) is 0.500. The van der Waals surface area contributed by atoms with E-state index in [-0.39, 0.29) is 11.4 Å².